The maximum atomic E-state index is 12.6. The summed E-state index contributed by atoms with van der Waals surface area (Å²) >= 11 is 6.17. The molecule has 1 amide bonds. The summed E-state index contributed by atoms with van der Waals surface area (Å²) in [5.74, 6) is 3.39. The first-order chi connectivity index (χ1) is 12.6. The molecule has 0 bridgehead atoms. The summed E-state index contributed by atoms with van der Waals surface area (Å²) in [7, 11) is 0. The van der Waals surface area contributed by atoms with E-state index in [4.69, 9.17) is 26.9 Å². The Hall–Kier alpha value is -2.91. The Bertz CT molecular complexity index is 955. The number of rotatable bonds is 7. The predicted octanol–water partition coefficient (Wildman–Crippen LogP) is 4.00. The maximum Gasteiger partial charge on any atom is 0.257 e. The molecule has 0 unspecified atom stereocenters. The molecule has 26 heavy (non-hydrogen) atoms. The topological polar surface area (TPSA) is 80.3 Å². The number of carbonyl (C=O) groups excluding carboxylic acids is 1. The molecule has 0 saturated heterocycles. The van der Waals surface area contributed by atoms with Gasteiger partial charge in [0.25, 0.3) is 5.91 Å². The Morgan fingerprint density at radius 2 is 2.31 bits per heavy atom. The summed E-state index contributed by atoms with van der Waals surface area (Å²) in [5, 5.41) is 6.14. The minimum Gasteiger partial charge on any atom is -0.467 e. The Labute approximate surface area is 155 Å². The van der Waals surface area contributed by atoms with Crippen LogP contribution < -0.4 is 10.6 Å². The fraction of sp³-hybridized carbons (Fsp3) is 0.263. The number of pyridine rings is 1. The molecule has 2 N–H and O–H groups in total. The van der Waals surface area contributed by atoms with E-state index in [-0.39, 0.29) is 17.6 Å². The number of amides is 1. The number of nitrogens with one attached hydrogen (secondary N) is 2. The monoisotopic (exact) mass is 371 g/mol. The molecule has 3 aromatic rings. The largest absolute Gasteiger partial charge is 0.467 e. The van der Waals surface area contributed by atoms with E-state index in [0.29, 0.717) is 41.1 Å². The molecule has 0 aliphatic heterocycles. The summed E-state index contributed by atoms with van der Waals surface area (Å²) in [6.07, 6.45) is 8.25. The molecular weight excluding hydrogens is 354 g/mol. The molecule has 3 aromatic heterocycles. The van der Waals surface area contributed by atoms with Crippen LogP contribution in [-0.2, 0) is 13.0 Å². The Kier molecular flexibility index (Phi) is 5.49. The normalized spacial score (nSPS) is 10.7. The first-order valence-corrected chi connectivity index (χ1v) is 8.61. The number of aryl methyl sites for hydroxylation is 1. The number of anilines is 1. The van der Waals surface area contributed by atoms with Gasteiger partial charge in [0.15, 0.2) is 5.58 Å². The molecule has 6 nitrogen and oxygen atoms in total. The van der Waals surface area contributed by atoms with Crippen LogP contribution in [0.25, 0.3) is 11.1 Å². The second-order valence-electron chi connectivity index (χ2n) is 5.64. The van der Waals surface area contributed by atoms with Crippen molar-refractivity contribution < 1.29 is 13.6 Å². The molecule has 0 saturated carbocycles. The number of carbonyl (C=O) groups is 1. The number of halogens is 1. The van der Waals surface area contributed by atoms with Crippen molar-refractivity contribution >= 4 is 34.3 Å². The number of fused-ring (bicyclic) bond motifs is 1. The first-order valence-electron chi connectivity index (χ1n) is 8.23. The lowest BCUT2D eigenvalue weighted by Gasteiger charge is -2.06. The van der Waals surface area contributed by atoms with Gasteiger partial charge in [-0.15, -0.1) is 6.42 Å². The van der Waals surface area contributed by atoms with Gasteiger partial charge in [-0.05, 0) is 18.6 Å². The average Bonchev–Trinajstić information content (AvgIpc) is 3.25. The van der Waals surface area contributed by atoms with E-state index < -0.39 is 0 Å². The zero-order valence-electron chi connectivity index (χ0n) is 14.3. The van der Waals surface area contributed by atoms with E-state index in [2.05, 4.69) is 21.5 Å². The molecule has 0 fully saturated rings. The van der Waals surface area contributed by atoms with E-state index in [1.807, 2.05) is 19.1 Å². The Morgan fingerprint density at radius 1 is 1.46 bits per heavy atom. The average molecular weight is 372 g/mol. The van der Waals surface area contributed by atoms with Crippen LogP contribution in [0.1, 0.15) is 35.2 Å². The van der Waals surface area contributed by atoms with Crippen molar-refractivity contribution in [3.8, 4) is 12.3 Å². The van der Waals surface area contributed by atoms with Crippen molar-refractivity contribution in [2.45, 2.75) is 26.3 Å². The van der Waals surface area contributed by atoms with Crippen molar-refractivity contribution in [1.29, 1.82) is 0 Å². The van der Waals surface area contributed by atoms with Gasteiger partial charge < -0.3 is 19.5 Å². The molecule has 0 spiro atoms. The predicted molar refractivity (Wildman–Crippen MR) is 100 cm³/mol. The van der Waals surface area contributed by atoms with Crippen molar-refractivity contribution in [3.05, 3.63) is 46.7 Å². The van der Waals surface area contributed by atoms with Crippen LogP contribution in [0, 0.1) is 12.3 Å². The van der Waals surface area contributed by atoms with Gasteiger partial charge in [0.1, 0.15) is 27.8 Å². The number of hydrogen-bond donors (Lipinski definition) is 2. The van der Waals surface area contributed by atoms with Crippen LogP contribution in [0.2, 0.25) is 5.15 Å². The van der Waals surface area contributed by atoms with Gasteiger partial charge in [0, 0.05) is 12.5 Å². The summed E-state index contributed by atoms with van der Waals surface area (Å²) in [5.41, 5.74) is 1.91. The second-order valence-corrected chi connectivity index (χ2v) is 6.03. The van der Waals surface area contributed by atoms with Gasteiger partial charge in [-0.2, -0.15) is 0 Å². The fourth-order valence-corrected chi connectivity index (χ4v) is 2.86. The third-order valence-electron chi connectivity index (χ3n) is 3.77. The fourth-order valence-electron chi connectivity index (χ4n) is 2.66. The van der Waals surface area contributed by atoms with Crippen LogP contribution in [0.5, 0.6) is 0 Å². The number of aromatic nitrogens is 1. The quantitative estimate of drug-likeness (QED) is 0.484. The van der Waals surface area contributed by atoms with Crippen LogP contribution in [0.3, 0.4) is 0 Å². The van der Waals surface area contributed by atoms with Gasteiger partial charge in [-0.25, -0.2) is 4.98 Å². The molecular formula is C19H18ClN3O3. The number of terminal acetylenes is 1. The molecule has 3 heterocycles. The zero-order chi connectivity index (χ0) is 18.5. The van der Waals surface area contributed by atoms with Gasteiger partial charge in [-0.3, -0.25) is 4.79 Å². The summed E-state index contributed by atoms with van der Waals surface area (Å²) < 4.78 is 11.3. The lowest BCUT2D eigenvalue weighted by molar-refractivity contribution is 0.0958. The molecule has 0 atom stereocenters. The third-order valence-corrected chi connectivity index (χ3v) is 3.96. The van der Waals surface area contributed by atoms with Gasteiger partial charge in [0.05, 0.1) is 25.0 Å². The first kappa shape index (κ1) is 17.9. The highest BCUT2D eigenvalue weighted by molar-refractivity contribution is 6.30. The van der Waals surface area contributed by atoms with Crippen LogP contribution in [0.4, 0.5) is 5.69 Å². The summed E-state index contributed by atoms with van der Waals surface area (Å²) in [6.45, 7) is 2.58. The number of hydrogen-bond acceptors (Lipinski definition) is 5. The molecule has 0 aliphatic carbocycles. The van der Waals surface area contributed by atoms with Crippen LogP contribution in [-0.4, -0.2) is 17.4 Å². The smallest absolute Gasteiger partial charge is 0.257 e. The van der Waals surface area contributed by atoms with E-state index >= 15 is 0 Å². The van der Waals surface area contributed by atoms with Crippen molar-refractivity contribution in [2.24, 2.45) is 0 Å². The minimum atomic E-state index is -0.322. The van der Waals surface area contributed by atoms with Crippen molar-refractivity contribution in [2.75, 3.05) is 11.9 Å². The molecule has 134 valence electrons. The van der Waals surface area contributed by atoms with Crippen LogP contribution >= 0.6 is 11.6 Å². The van der Waals surface area contributed by atoms with Gasteiger partial charge >= 0.3 is 0 Å². The Morgan fingerprint density at radius 3 is 3.00 bits per heavy atom. The van der Waals surface area contributed by atoms with Gasteiger partial charge in [0.2, 0.25) is 0 Å². The van der Waals surface area contributed by atoms with E-state index in [1.54, 1.807) is 12.3 Å². The highest BCUT2D eigenvalue weighted by Crippen LogP contribution is 2.33. The highest BCUT2D eigenvalue weighted by atomic mass is 35.5. The molecule has 7 heteroatoms. The van der Waals surface area contributed by atoms with Gasteiger partial charge in [-0.1, -0.05) is 24.4 Å². The third kappa shape index (κ3) is 3.68. The molecule has 0 radical (unpaired) electrons. The molecule has 3 rings (SSSR count). The Balaban J connectivity index is 2.04. The van der Waals surface area contributed by atoms with Crippen LogP contribution in [0.15, 0.2) is 33.3 Å². The highest BCUT2D eigenvalue weighted by Gasteiger charge is 2.24. The van der Waals surface area contributed by atoms with E-state index in [1.165, 1.54) is 0 Å². The lowest BCUT2D eigenvalue weighted by Crippen LogP contribution is -2.24. The van der Waals surface area contributed by atoms with Crippen molar-refractivity contribution in [1.82, 2.24) is 10.3 Å². The van der Waals surface area contributed by atoms with Crippen molar-refractivity contribution in [3.63, 3.8) is 0 Å². The molecule has 0 aromatic carbocycles. The lowest BCUT2D eigenvalue weighted by atomic mass is 10.1. The second kappa shape index (κ2) is 7.98. The summed E-state index contributed by atoms with van der Waals surface area (Å²) in [4.78, 5) is 16.9. The SMILES string of the molecule is C#CCNC(=O)c1c(CCC)oc2c(NCc3ccco3)cc(Cl)nc12. The number of nitrogens with zero attached hydrogens (tertiary/aromatic N) is 1. The minimum absolute atomic E-state index is 0.126. The maximum absolute atomic E-state index is 12.6. The molecule has 0 aliphatic rings. The standard InChI is InChI=1S/C19H18ClN3O3/c1-3-6-14-16(19(24)21-8-4-2)17-18(26-14)13(10-15(20)23-17)22-11-12-7-5-9-25-12/h2,5,7,9-10H,3,6,8,11H2,1H3,(H,21,24)(H,22,23). The van der Waals surface area contributed by atoms with E-state index in [9.17, 15) is 4.79 Å². The van der Waals surface area contributed by atoms with E-state index in [0.717, 1.165) is 12.2 Å². The zero-order valence-corrected chi connectivity index (χ0v) is 15.0. The number of furan rings is 2. The summed E-state index contributed by atoms with van der Waals surface area (Å²) in [6, 6.07) is 5.33.